The molecule has 3 aliphatic rings. The average Bonchev–Trinajstić information content (AvgIpc) is 3.76. The van der Waals surface area contributed by atoms with Crippen LogP contribution in [-0.4, -0.2) is 71.2 Å². The number of aromatic nitrogens is 3. The van der Waals surface area contributed by atoms with Gasteiger partial charge in [-0.05, 0) is 63.9 Å². The van der Waals surface area contributed by atoms with Crippen LogP contribution in [0, 0.1) is 5.92 Å². The van der Waals surface area contributed by atoms with Crippen molar-refractivity contribution in [3.8, 4) is 5.75 Å². The molecule has 3 aromatic rings. The Bertz CT molecular complexity index is 1480. The third kappa shape index (κ3) is 4.86. The SMILES string of the molecule is CN(C)[C@H]1CCCN(c2ncc(Cl)c(Nc3ccc4c(c3)c3c(c(=O)n4C)OCC(F)(F)[C@H](C4CC4)N3)n2)C1. The van der Waals surface area contributed by atoms with Crippen LogP contribution in [0.15, 0.2) is 29.2 Å². The molecule has 208 valence electrons. The lowest BCUT2D eigenvalue weighted by molar-refractivity contribution is -0.0579. The van der Waals surface area contributed by atoms with Crippen LogP contribution in [0.5, 0.6) is 5.75 Å². The van der Waals surface area contributed by atoms with Gasteiger partial charge in [-0.25, -0.2) is 13.8 Å². The van der Waals surface area contributed by atoms with Gasteiger partial charge in [-0.3, -0.25) is 4.79 Å². The number of rotatable bonds is 5. The molecule has 2 atom stereocenters. The van der Waals surface area contributed by atoms with E-state index in [1.54, 1.807) is 31.4 Å². The first-order chi connectivity index (χ1) is 18.6. The van der Waals surface area contributed by atoms with E-state index in [0.717, 1.165) is 38.8 Å². The number of hydrogen-bond acceptors (Lipinski definition) is 8. The summed E-state index contributed by atoms with van der Waals surface area (Å²) in [5, 5.41) is 7.23. The summed E-state index contributed by atoms with van der Waals surface area (Å²) in [6.07, 6.45) is 5.19. The molecule has 0 amide bonds. The molecule has 9 nitrogen and oxygen atoms in total. The van der Waals surface area contributed by atoms with Gasteiger partial charge in [0.25, 0.3) is 5.56 Å². The van der Waals surface area contributed by atoms with Gasteiger partial charge in [-0.1, -0.05) is 11.6 Å². The Kier molecular flexibility index (Phi) is 6.53. The molecular weight excluding hydrogens is 528 g/mol. The minimum absolute atomic E-state index is 0.0899. The van der Waals surface area contributed by atoms with Gasteiger partial charge in [-0.15, -0.1) is 0 Å². The Balaban J connectivity index is 1.36. The number of hydrogen-bond donors (Lipinski definition) is 2. The van der Waals surface area contributed by atoms with Crippen molar-refractivity contribution in [1.29, 1.82) is 0 Å². The number of nitrogens with one attached hydrogen (secondary N) is 2. The molecule has 0 unspecified atom stereocenters. The third-order valence-electron chi connectivity index (χ3n) is 8.01. The summed E-state index contributed by atoms with van der Waals surface area (Å²) in [4.78, 5) is 26.6. The predicted molar refractivity (Wildman–Crippen MR) is 149 cm³/mol. The number of alkyl halides is 2. The van der Waals surface area contributed by atoms with E-state index in [-0.39, 0.29) is 11.7 Å². The summed E-state index contributed by atoms with van der Waals surface area (Å²) in [7, 11) is 5.76. The molecular formula is C27H32ClF2N7O2. The molecule has 1 aromatic carbocycles. The first-order valence-electron chi connectivity index (χ1n) is 13.3. The summed E-state index contributed by atoms with van der Waals surface area (Å²) in [6, 6.07) is 4.70. The van der Waals surface area contributed by atoms with E-state index in [2.05, 4.69) is 39.5 Å². The van der Waals surface area contributed by atoms with Crippen LogP contribution in [0.25, 0.3) is 10.9 Å². The molecule has 1 saturated carbocycles. The number of aryl methyl sites for hydroxylation is 1. The standard InChI is InChI=1S/C27H32ClF2N7O2/c1-35(2)17-5-4-10-37(13-17)26-31-12-19(28)24(34-26)32-16-8-9-20-18(11-16)21-22(25(38)36(20)3)39-14-27(29,30)23(33-21)15-6-7-15/h8-9,11-12,15,17,23,33H,4-7,10,13-14H2,1-3H3,(H,31,32,34)/t17-,23-/m0/s1. The summed E-state index contributed by atoms with van der Waals surface area (Å²) in [5.41, 5.74) is 1.07. The van der Waals surface area contributed by atoms with Crippen molar-refractivity contribution in [3.63, 3.8) is 0 Å². The molecule has 39 heavy (non-hydrogen) atoms. The molecule has 1 aliphatic carbocycles. The third-order valence-corrected chi connectivity index (χ3v) is 8.29. The molecule has 2 aromatic heterocycles. The van der Waals surface area contributed by atoms with Crippen molar-refractivity contribution in [3.05, 3.63) is 39.8 Å². The first-order valence-corrected chi connectivity index (χ1v) is 13.6. The fraction of sp³-hybridized carbons (Fsp3) is 0.519. The predicted octanol–water partition coefficient (Wildman–Crippen LogP) is 4.47. The Hall–Kier alpha value is -3.18. The highest BCUT2D eigenvalue weighted by atomic mass is 35.5. The summed E-state index contributed by atoms with van der Waals surface area (Å²) < 4.78 is 36.8. The second-order valence-electron chi connectivity index (χ2n) is 11.0. The molecule has 2 aliphatic heterocycles. The number of ether oxygens (including phenoxy) is 1. The molecule has 6 rings (SSSR count). The van der Waals surface area contributed by atoms with E-state index in [4.69, 9.17) is 21.3 Å². The molecule has 1 saturated heterocycles. The van der Waals surface area contributed by atoms with Gasteiger partial charge in [0, 0.05) is 37.3 Å². The van der Waals surface area contributed by atoms with Crippen molar-refractivity contribution in [1.82, 2.24) is 19.4 Å². The number of benzene rings is 1. The zero-order valence-electron chi connectivity index (χ0n) is 22.2. The maximum absolute atomic E-state index is 14.9. The Morgan fingerprint density at radius 1 is 1.26 bits per heavy atom. The van der Waals surface area contributed by atoms with Gasteiger partial charge in [0.1, 0.15) is 5.02 Å². The van der Waals surface area contributed by atoms with Crippen LogP contribution in [0.4, 0.5) is 31.9 Å². The highest BCUT2D eigenvalue weighted by molar-refractivity contribution is 6.32. The minimum atomic E-state index is -3.10. The van der Waals surface area contributed by atoms with E-state index in [0.29, 0.717) is 45.1 Å². The fourth-order valence-electron chi connectivity index (χ4n) is 5.58. The van der Waals surface area contributed by atoms with E-state index >= 15 is 0 Å². The van der Waals surface area contributed by atoms with Crippen molar-refractivity contribution >= 4 is 45.6 Å². The van der Waals surface area contributed by atoms with Crippen LogP contribution in [-0.2, 0) is 7.05 Å². The lowest BCUT2D eigenvalue weighted by Gasteiger charge is -2.36. The van der Waals surface area contributed by atoms with Gasteiger partial charge in [-0.2, -0.15) is 4.98 Å². The zero-order chi connectivity index (χ0) is 27.5. The minimum Gasteiger partial charge on any atom is -0.480 e. The molecule has 0 radical (unpaired) electrons. The second kappa shape index (κ2) is 9.78. The molecule has 0 spiro atoms. The normalized spacial score (nSPS) is 22.7. The van der Waals surface area contributed by atoms with E-state index < -0.39 is 24.1 Å². The monoisotopic (exact) mass is 559 g/mol. The van der Waals surface area contributed by atoms with Crippen molar-refractivity contribution in [2.75, 3.05) is 49.3 Å². The number of nitrogens with zero attached hydrogens (tertiary/aromatic N) is 5. The number of likely N-dealkylation sites (N-methyl/N-ethyl adjacent to an activating group) is 1. The van der Waals surface area contributed by atoms with E-state index in [1.165, 1.54) is 4.57 Å². The largest absolute Gasteiger partial charge is 0.480 e. The average molecular weight is 560 g/mol. The second-order valence-corrected chi connectivity index (χ2v) is 11.4. The van der Waals surface area contributed by atoms with Crippen LogP contribution in [0.1, 0.15) is 25.7 Å². The topological polar surface area (TPSA) is 87.5 Å². The van der Waals surface area contributed by atoms with Crippen LogP contribution >= 0.6 is 11.6 Å². The van der Waals surface area contributed by atoms with Gasteiger partial charge < -0.3 is 29.7 Å². The van der Waals surface area contributed by atoms with E-state index in [1.807, 2.05) is 0 Å². The fourth-order valence-corrected chi connectivity index (χ4v) is 5.72. The number of halogens is 3. The van der Waals surface area contributed by atoms with Gasteiger partial charge in [0.15, 0.2) is 12.4 Å². The van der Waals surface area contributed by atoms with Crippen LogP contribution in [0.3, 0.4) is 0 Å². The van der Waals surface area contributed by atoms with Crippen molar-refractivity contribution in [2.24, 2.45) is 13.0 Å². The van der Waals surface area contributed by atoms with Crippen LogP contribution in [0.2, 0.25) is 5.02 Å². The van der Waals surface area contributed by atoms with Crippen LogP contribution < -0.4 is 25.8 Å². The smallest absolute Gasteiger partial charge is 0.301 e. The summed E-state index contributed by atoms with van der Waals surface area (Å²) in [5.74, 6) is -2.31. The lowest BCUT2D eigenvalue weighted by atomic mass is 10.0. The molecule has 4 heterocycles. The van der Waals surface area contributed by atoms with Gasteiger partial charge in [0.2, 0.25) is 11.7 Å². The van der Waals surface area contributed by atoms with Gasteiger partial charge in [0.05, 0.1) is 23.4 Å². The maximum Gasteiger partial charge on any atom is 0.301 e. The number of pyridine rings is 1. The maximum atomic E-state index is 14.9. The highest BCUT2D eigenvalue weighted by Gasteiger charge is 2.51. The number of anilines is 4. The number of fused-ring (bicyclic) bond motifs is 3. The molecule has 2 N–H and O–H groups in total. The Labute approximate surface area is 230 Å². The quantitative estimate of drug-likeness (QED) is 0.473. The van der Waals surface area contributed by atoms with Crippen molar-refractivity contribution < 1.29 is 13.5 Å². The number of piperidine rings is 1. The lowest BCUT2D eigenvalue weighted by Crippen LogP contribution is -2.45. The summed E-state index contributed by atoms with van der Waals surface area (Å²) in [6.45, 7) is 0.847. The van der Waals surface area contributed by atoms with E-state index in [9.17, 15) is 13.6 Å². The molecule has 0 bridgehead atoms. The molecule has 12 heteroatoms. The molecule has 2 fully saturated rings. The first kappa shape index (κ1) is 26.1. The Morgan fingerprint density at radius 2 is 2.05 bits per heavy atom. The highest BCUT2D eigenvalue weighted by Crippen LogP contribution is 2.45. The summed E-state index contributed by atoms with van der Waals surface area (Å²) >= 11 is 6.48. The van der Waals surface area contributed by atoms with Crippen molar-refractivity contribution in [2.45, 2.75) is 43.7 Å². The zero-order valence-corrected chi connectivity index (χ0v) is 22.9. The van der Waals surface area contributed by atoms with Gasteiger partial charge >= 0.3 is 5.92 Å². The Morgan fingerprint density at radius 3 is 2.79 bits per heavy atom.